The van der Waals surface area contributed by atoms with E-state index in [1.807, 2.05) is 0 Å². The molecule has 2 aliphatic rings. The van der Waals surface area contributed by atoms with Crippen molar-refractivity contribution in [2.45, 2.75) is 77.8 Å². The Balaban J connectivity index is 2.27. The van der Waals surface area contributed by atoms with Crippen LogP contribution in [0.4, 0.5) is 0 Å². The van der Waals surface area contributed by atoms with Crippen LogP contribution in [-0.2, 0) is 0 Å². The van der Waals surface area contributed by atoms with Gasteiger partial charge in [-0.1, -0.05) is 40.0 Å². The lowest BCUT2D eigenvalue weighted by Crippen LogP contribution is -2.65. The SMILES string of the molecule is CCC1CCCCC1(CN)N1CC(C)CC(C)C1C. The van der Waals surface area contributed by atoms with E-state index >= 15 is 0 Å². The first-order valence-corrected chi connectivity index (χ1v) is 8.52. The second-order valence-electron chi connectivity index (χ2n) is 7.37. The van der Waals surface area contributed by atoms with Crippen molar-refractivity contribution in [2.24, 2.45) is 23.5 Å². The lowest BCUT2D eigenvalue weighted by Gasteiger charge is -2.57. The van der Waals surface area contributed by atoms with E-state index in [-0.39, 0.29) is 0 Å². The molecule has 112 valence electrons. The number of rotatable bonds is 3. The molecule has 0 aromatic rings. The Morgan fingerprint density at radius 2 is 1.95 bits per heavy atom. The van der Waals surface area contributed by atoms with Crippen molar-refractivity contribution in [2.75, 3.05) is 13.1 Å². The van der Waals surface area contributed by atoms with Gasteiger partial charge in [-0.3, -0.25) is 4.90 Å². The number of likely N-dealkylation sites (tertiary alicyclic amines) is 1. The summed E-state index contributed by atoms with van der Waals surface area (Å²) in [5, 5.41) is 0. The molecule has 0 bridgehead atoms. The summed E-state index contributed by atoms with van der Waals surface area (Å²) in [5.74, 6) is 2.45. The van der Waals surface area contributed by atoms with Gasteiger partial charge in [0, 0.05) is 24.7 Å². The molecule has 2 fully saturated rings. The van der Waals surface area contributed by atoms with Gasteiger partial charge in [0.15, 0.2) is 0 Å². The molecule has 5 atom stereocenters. The highest BCUT2D eigenvalue weighted by Gasteiger charge is 2.47. The molecule has 2 N–H and O–H groups in total. The maximum Gasteiger partial charge on any atom is 0.0362 e. The minimum atomic E-state index is 0.301. The van der Waals surface area contributed by atoms with E-state index < -0.39 is 0 Å². The van der Waals surface area contributed by atoms with Crippen molar-refractivity contribution < 1.29 is 0 Å². The Labute approximate surface area is 120 Å². The zero-order valence-electron chi connectivity index (χ0n) is 13.5. The molecule has 2 heteroatoms. The zero-order valence-corrected chi connectivity index (χ0v) is 13.5. The second kappa shape index (κ2) is 6.13. The first kappa shape index (κ1) is 15.3. The zero-order chi connectivity index (χ0) is 14.0. The van der Waals surface area contributed by atoms with Crippen LogP contribution in [0.3, 0.4) is 0 Å². The molecule has 0 aromatic carbocycles. The van der Waals surface area contributed by atoms with Gasteiger partial charge < -0.3 is 5.73 Å². The van der Waals surface area contributed by atoms with E-state index in [4.69, 9.17) is 5.73 Å². The molecule has 1 heterocycles. The van der Waals surface area contributed by atoms with E-state index in [0.717, 1.165) is 24.3 Å². The van der Waals surface area contributed by atoms with Crippen LogP contribution in [0.1, 0.15) is 66.2 Å². The van der Waals surface area contributed by atoms with Gasteiger partial charge >= 0.3 is 0 Å². The lowest BCUT2D eigenvalue weighted by molar-refractivity contribution is -0.0667. The van der Waals surface area contributed by atoms with Crippen molar-refractivity contribution >= 4 is 0 Å². The first-order valence-electron chi connectivity index (χ1n) is 8.52. The van der Waals surface area contributed by atoms with E-state index in [1.165, 1.54) is 45.1 Å². The smallest absolute Gasteiger partial charge is 0.0362 e. The summed E-state index contributed by atoms with van der Waals surface area (Å²) in [6.45, 7) is 11.8. The quantitative estimate of drug-likeness (QED) is 0.845. The highest BCUT2D eigenvalue weighted by atomic mass is 15.3. The highest BCUT2D eigenvalue weighted by molar-refractivity contribution is 5.03. The van der Waals surface area contributed by atoms with Crippen LogP contribution in [0.5, 0.6) is 0 Å². The van der Waals surface area contributed by atoms with Crippen molar-refractivity contribution in [3.8, 4) is 0 Å². The minimum absolute atomic E-state index is 0.301. The third-order valence-electron chi connectivity index (χ3n) is 6.19. The average molecular weight is 266 g/mol. The molecule has 2 rings (SSSR count). The topological polar surface area (TPSA) is 29.3 Å². The van der Waals surface area contributed by atoms with Crippen LogP contribution in [0, 0.1) is 17.8 Å². The number of hydrogen-bond acceptors (Lipinski definition) is 2. The number of nitrogens with two attached hydrogens (primary N) is 1. The van der Waals surface area contributed by atoms with Crippen LogP contribution < -0.4 is 5.73 Å². The Morgan fingerprint density at radius 1 is 1.21 bits per heavy atom. The Morgan fingerprint density at radius 3 is 2.58 bits per heavy atom. The van der Waals surface area contributed by atoms with E-state index in [0.29, 0.717) is 11.6 Å². The summed E-state index contributed by atoms with van der Waals surface area (Å²) in [6, 6.07) is 0.701. The van der Waals surface area contributed by atoms with Crippen molar-refractivity contribution in [3.05, 3.63) is 0 Å². The summed E-state index contributed by atoms with van der Waals surface area (Å²) in [7, 11) is 0. The summed E-state index contributed by atoms with van der Waals surface area (Å²) in [4.78, 5) is 2.83. The van der Waals surface area contributed by atoms with Crippen molar-refractivity contribution in [1.82, 2.24) is 4.90 Å². The molecule has 0 radical (unpaired) electrons. The molecule has 1 saturated heterocycles. The molecule has 5 unspecified atom stereocenters. The third-order valence-corrected chi connectivity index (χ3v) is 6.19. The summed E-state index contributed by atoms with van der Waals surface area (Å²) < 4.78 is 0. The normalized spacial score (nSPS) is 45.3. The molecule has 1 saturated carbocycles. The van der Waals surface area contributed by atoms with Gasteiger partial charge in [0.05, 0.1) is 0 Å². The fourth-order valence-electron chi connectivity index (χ4n) is 4.95. The maximum atomic E-state index is 6.35. The molecule has 1 aliphatic carbocycles. The molecule has 2 nitrogen and oxygen atoms in total. The number of hydrogen-bond donors (Lipinski definition) is 1. The number of nitrogens with zero attached hydrogens (tertiary/aromatic N) is 1. The van der Waals surface area contributed by atoms with E-state index in [2.05, 4.69) is 32.6 Å². The molecular formula is C17H34N2. The third kappa shape index (κ3) is 2.71. The van der Waals surface area contributed by atoms with Crippen LogP contribution >= 0.6 is 0 Å². The van der Waals surface area contributed by atoms with Gasteiger partial charge in [0.1, 0.15) is 0 Å². The molecular weight excluding hydrogens is 232 g/mol. The molecule has 0 spiro atoms. The largest absolute Gasteiger partial charge is 0.329 e. The minimum Gasteiger partial charge on any atom is -0.329 e. The standard InChI is InChI=1S/C17H34N2/c1-5-16-8-6-7-9-17(16,12-18)19-11-13(2)10-14(3)15(19)4/h13-16H,5-12,18H2,1-4H3. The molecule has 0 aromatic heterocycles. The van der Waals surface area contributed by atoms with E-state index in [1.54, 1.807) is 0 Å². The maximum absolute atomic E-state index is 6.35. The van der Waals surface area contributed by atoms with Gasteiger partial charge in [-0.2, -0.15) is 0 Å². The second-order valence-corrected chi connectivity index (χ2v) is 7.37. The van der Waals surface area contributed by atoms with Gasteiger partial charge in [0.2, 0.25) is 0 Å². The Hall–Kier alpha value is -0.0800. The fraction of sp³-hybridized carbons (Fsp3) is 1.00. The van der Waals surface area contributed by atoms with Crippen molar-refractivity contribution in [3.63, 3.8) is 0 Å². The van der Waals surface area contributed by atoms with Gasteiger partial charge in [0.25, 0.3) is 0 Å². The van der Waals surface area contributed by atoms with Crippen LogP contribution in [0.2, 0.25) is 0 Å². The molecule has 0 amide bonds. The summed E-state index contributed by atoms with van der Waals surface area (Å²) >= 11 is 0. The van der Waals surface area contributed by atoms with E-state index in [9.17, 15) is 0 Å². The lowest BCUT2D eigenvalue weighted by atomic mass is 9.68. The monoisotopic (exact) mass is 266 g/mol. The van der Waals surface area contributed by atoms with Crippen molar-refractivity contribution in [1.29, 1.82) is 0 Å². The first-order chi connectivity index (χ1) is 9.05. The predicted octanol–water partition coefficient (Wildman–Crippen LogP) is 3.65. The predicted molar refractivity (Wildman–Crippen MR) is 83.1 cm³/mol. The Bertz CT molecular complexity index is 291. The van der Waals surface area contributed by atoms with Crippen LogP contribution in [0.25, 0.3) is 0 Å². The highest BCUT2D eigenvalue weighted by Crippen LogP contribution is 2.44. The fourth-order valence-corrected chi connectivity index (χ4v) is 4.95. The van der Waals surface area contributed by atoms with Gasteiger partial charge in [-0.05, 0) is 43.9 Å². The van der Waals surface area contributed by atoms with Gasteiger partial charge in [-0.15, -0.1) is 0 Å². The van der Waals surface area contributed by atoms with Crippen LogP contribution in [-0.4, -0.2) is 29.6 Å². The average Bonchev–Trinajstić information content (AvgIpc) is 2.42. The molecule has 1 aliphatic heterocycles. The van der Waals surface area contributed by atoms with Gasteiger partial charge in [-0.25, -0.2) is 0 Å². The van der Waals surface area contributed by atoms with Crippen LogP contribution in [0.15, 0.2) is 0 Å². The Kier molecular flexibility index (Phi) is 4.94. The molecule has 19 heavy (non-hydrogen) atoms. The number of piperidine rings is 1. The summed E-state index contributed by atoms with van der Waals surface area (Å²) in [5.41, 5.74) is 6.65. The summed E-state index contributed by atoms with van der Waals surface area (Å²) in [6.07, 6.45) is 8.18.